The van der Waals surface area contributed by atoms with Crippen LogP contribution in [0.4, 0.5) is 11.5 Å². The topological polar surface area (TPSA) is 70.1 Å². The number of nitrogens with zero attached hydrogens (tertiary/aromatic N) is 2. The Morgan fingerprint density at radius 2 is 1.96 bits per heavy atom. The van der Waals surface area contributed by atoms with Gasteiger partial charge in [0.1, 0.15) is 5.82 Å². The van der Waals surface area contributed by atoms with Crippen LogP contribution in [0.1, 0.15) is 49.1 Å². The van der Waals surface area contributed by atoms with E-state index in [2.05, 4.69) is 24.3 Å². The van der Waals surface area contributed by atoms with Gasteiger partial charge in [-0.25, -0.2) is 0 Å². The van der Waals surface area contributed by atoms with Gasteiger partial charge in [-0.05, 0) is 31.0 Å². The van der Waals surface area contributed by atoms with Gasteiger partial charge >= 0.3 is 0 Å². The maximum Gasteiger partial charge on any atom is 0.270 e. The third-order valence-electron chi connectivity index (χ3n) is 4.72. The highest BCUT2D eigenvalue weighted by Crippen LogP contribution is 2.40. The van der Waals surface area contributed by atoms with Crippen LogP contribution in [0.5, 0.6) is 0 Å². The Morgan fingerprint density at radius 3 is 2.58 bits per heavy atom. The molecule has 0 fully saturated rings. The van der Waals surface area contributed by atoms with Gasteiger partial charge in [-0.2, -0.15) is 0 Å². The molecule has 1 aromatic heterocycles. The summed E-state index contributed by atoms with van der Waals surface area (Å²) in [6.45, 7) is 4.17. The van der Waals surface area contributed by atoms with Crippen LogP contribution in [-0.2, 0) is 4.79 Å². The standard InChI is InChI=1S/C19H26N4O2S/c1-5-6-12(2)23-18-16(19(25)21-23)17(26-11-15(24)20-18)13-7-9-14(10-8-13)22(3)4/h7-10,12,17H,5-6,11H2,1-4H3,(H,20,24)(H,21,25)/t12-,17+/m0/s1. The number of carbonyl (C=O) groups is 1. The molecule has 1 aliphatic rings. The largest absolute Gasteiger partial charge is 0.378 e. The second-order valence-electron chi connectivity index (χ2n) is 6.94. The summed E-state index contributed by atoms with van der Waals surface area (Å²) in [5, 5.41) is 5.72. The van der Waals surface area contributed by atoms with E-state index in [1.807, 2.05) is 47.9 Å². The fraction of sp³-hybridized carbons (Fsp3) is 0.474. The molecule has 0 unspecified atom stereocenters. The number of nitrogens with one attached hydrogen (secondary N) is 2. The predicted octanol–water partition coefficient (Wildman–Crippen LogP) is 3.38. The van der Waals surface area contributed by atoms with Crippen molar-refractivity contribution < 1.29 is 4.79 Å². The summed E-state index contributed by atoms with van der Waals surface area (Å²) >= 11 is 1.50. The minimum absolute atomic E-state index is 0.0693. The lowest BCUT2D eigenvalue weighted by molar-refractivity contribution is -0.113. The van der Waals surface area contributed by atoms with Crippen molar-refractivity contribution in [1.82, 2.24) is 9.78 Å². The van der Waals surface area contributed by atoms with E-state index in [-0.39, 0.29) is 22.8 Å². The van der Waals surface area contributed by atoms with Crippen molar-refractivity contribution in [3.63, 3.8) is 0 Å². The number of fused-ring (bicyclic) bond motifs is 1. The first-order chi connectivity index (χ1) is 12.4. The smallest absolute Gasteiger partial charge is 0.270 e. The number of thioether (sulfide) groups is 1. The summed E-state index contributed by atoms with van der Waals surface area (Å²) < 4.78 is 1.83. The predicted molar refractivity (Wildman–Crippen MR) is 108 cm³/mol. The van der Waals surface area contributed by atoms with Gasteiger partial charge in [-0.1, -0.05) is 25.5 Å². The molecular weight excluding hydrogens is 348 g/mol. The third-order valence-corrected chi connectivity index (χ3v) is 5.99. The quantitative estimate of drug-likeness (QED) is 0.842. The van der Waals surface area contributed by atoms with Crippen LogP contribution < -0.4 is 15.8 Å². The van der Waals surface area contributed by atoms with E-state index in [0.29, 0.717) is 17.1 Å². The maximum absolute atomic E-state index is 12.8. The van der Waals surface area contributed by atoms with Gasteiger partial charge < -0.3 is 10.2 Å². The van der Waals surface area contributed by atoms with Crippen LogP contribution in [0.3, 0.4) is 0 Å². The number of aromatic amines is 1. The summed E-state index contributed by atoms with van der Waals surface area (Å²) in [5.41, 5.74) is 2.65. The van der Waals surface area contributed by atoms with E-state index in [1.165, 1.54) is 11.8 Å². The molecule has 7 heteroatoms. The molecule has 140 valence electrons. The first kappa shape index (κ1) is 18.6. The Labute approximate surface area is 157 Å². The Hall–Kier alpha value is -2.15. The Balaban J connectivity index is 2.07. The van der Waals surface area contributed by atoms with Crippen LogP contribution in [0.25, 0.3) is 0 Å². The Bertz CT molecular complexity index is 838. The lowest BCUT2D eigenvalue weighted by atomic mass is 10.1. The number of amides is 1. The summed E-state index contributed by atoms with van der Waals surface area (Å²) in [4.78, 5) is 27.0. The highest BCUT2D eigenvalue weighted by atomic mass is 32.2. The van der Waals surface area contributed by atoms with Gasteiger partial charge in [0.15, 0.2) is 0 Å². The van der Waals surface area contributed by atoms with E-state index in [9.17, 15) is 9.59 Å². The van der Waals surface area contributed by atoms with Crippen molar-refractivity contribution in [2.24, 2.45) is 0 Å². The first-order valence-electron chi connectivity index (χ1n) is 8.95. The summed E-state index contributed by atoms with van der Waals surface area (Å²) in [5.74, 6) is 0.879. The highest BCUT2D eigenvalue weighted by Gasteiger charge is 2.31. The molecule has 6 nitrogen and oxygen atoms in total. The molecule has 2 aromatic rings. The number of carbonyl (C=O) groups excluding carboxylic acids is 1. The van der Waals surface area contributed by atoms with Gasteiger partial charge in [-0.15, -0.1) is 11.8 Å². The van der Waals surface area contributed by atoms with Gasteiger partial charge in [0.2, 0.25) is 5.91 Å². The number of hydrogen-bond donors (Lipinski definition) is 2. The van der Waals surface area contributed by atoms with Gasteiger partial charge in [0.05, 0.1) is 16.6 Å². The fourth-order valence-electron chi connectivity index (χ4n) is 3.33. The molecule has 3 rings (SSSR count). The second-order valence-corrected chi connectivity index (χ2v) is 8.03. The second kappa shape index (κ2) is 7.61. The Kier molecular flexibility index (Phi) is 5.46. The zero-order chi connectivity index (χ0) is 18.8. The molecule has 2 N–H and O–H groups in total. The molecular formula is C19H26N4O2S. The van der Waals surface area contributed by atoms with Crippen LogP contribution in [0.2, 0.25) is 0 Å². The third kappa shape index (κ3) is 3.53. The molecule has 0 saturated heterocycles. The molecule has 0 bridgehead atoms. The van der Waals surface area contributed by atoms with Crippen molar-refractivity contribution in [2.75, 3.05) is 30.1 Å². The average molecular weight is 375 g/mol. The minimum Gasteiger partial charge on any atom is -0.378 e. The molecule has 0 aliphatic carbocycles. The first-order valence-corrected chi connectivity index (χ1v) is 10.00. The number of aromatic nitrogens is 2. The van der Waals surface area contributed by atoms with Gasteiger partial charge in [0.25, 0.3) is 5.56 Å². The Morgan fingerprint density at radius 1 is 1.27 bits per heavy atom. The van der Waals surface area contributed by atoms with Gasteiger partial charge in [0, 0.05) is 25.8 Å². The number of H-pyrrole nitrogens is 1. The number of anilines is 2. The molecule has 0 spiro atoms. The van der Waals surface area contributed by atoms with Crippen LogP contribution >= 0.6 is 11.8 Å². The molecule has 2 heterocycles. The SMILES string of the molecule is CCC[C@H](C)n1[nH]c(=O)c2c1NC(=O)CS[C@@H]2c1ccc(N(C)C)cc1. The van der Waals surface area contributed by atoms with Gasteiger partial charge in [-0.3, -0.25) is 19.4 Å². The van der Waals surface area contributed by atoms with E-state index in [1.54, 1.807) is 0 Å². The van der Waals surface area contributed by atoms with Crippen molar-refractivity contribution >= 4 is 29.2 Å². The number of rotatable bonds is 5. The molecule has 1 aliphatic heterocycles. The van der Waals surface area contributed by atoms with Crippen molar-refractivity contribution in [3.05, 3.63) is 45.7 Å². The van der Waals surface area contributed by atoms with Crippen LogP contribution in [0, 0.1) is 0 Å². The van der Waals surface area contributed by atoms with E-state index >= 15 is 0 Å². The van der Waals surface area contributed by atoms with Crippen molar-refractivity contribution in [2.45, 2.75) is 38.0 Å². The van der Waals surface area contributed by atoms with E-state index in [4.69, 9.17) is 0 Å². The fourth-order valence-corrected chi connectivity index (χ4v) is 4.46. The lowest BCUT2D eigenvalue weighted by Crippen LogP contribution is -2.18. The molecule has 0 radical (unpaired) electrons. The summed E-state index contributed by atoms with van der Waals surface area (Å²) in [6.07, 6.45) is 1.94. The summed E-state index contributed by atoms with van der Waals surface area (Å²) in [7, 11) is 3.99. The van der Waals surface area contributed by atoms with E-state index < -0.39 is 0 Å². The van der Waals surface area contributed by atoms with Crippen molar-refractivity contribution in [3.8, 4) is 0 Å². The molecule has 1 amide bonds. The summed E-state index contributed by atoms with van der Waals surface area (Å²) in [6, 6.07) is 8.29. The minimum atomic E-state index is -0.168. The van der Waals surface area contributed by atoms with Crippen LogP contribution in [0.15, 0.2) is 29.1 Å². The molecule has 0 saturated carbocycles. The monoisotopic (exact) mass is 374 g/mol. The molecule has 1 aromatic carbocycles. The molecule has 2 atom stereocenters. The number of benzene rings is 1. The number of hydrogen-bond acceptors (Lipinski definition) is 4. The van der Waals surface area contributed by atoms with Crippen molar-refractivity contribution in [1.29, 1.82) is 0 Å². The highest BCUT2D eigenvalue weighted by molar-refractivity contribution is 8.00. The molecule has 26 heavy (non-hydrogen) atoms. The lowest BCUT2D eigenvalue weighted by Gasteiger charge is -2.18. The zero-order valence-corrected chi connectivity index (χ0v) is 16.5. The normalized spacial score (nSPS) is 18.0. The van der Waals surface area contributed by atoms with E-state index in [0.717, 1.165) is 24.1 Å². The average Bonchev–Trinajstić information content (AvgIpc) is 2.82. The zero-order valence-electron chi connectivity index (χ0n) is 15.7. The maximum atomic E-state index is 12.8. The van der Waals surface area contributed by atoms with Crippen LogP contribution in [-0.4, -0.2) is 35.5 Å².